The normalized spacial score (nSPS) is 15.5. The topological polar surface area (TPSA) is 146 Å². The molecule has 0 aromatic rings. The predicted molar refractivity (Wildman–Crippen MR) is 130 cm³/mol. The molecular formula is C24H38O10S. The minimum Gasteiger partial charge on any atom is -0.462 e. The van der Waals surface area contributed by atoms with Gasteiger partial charge in [0.2, 0.25) is 0 Å². The van der Waals surface area contributed by atoms with E-state index < -0.39 is 23.0 Å². The molecule has 0 fully saturated rings. The Morgan fingerprint density at radius 1 is 0.686 bits per heavy atom. The molecule has 2 unspecified atom stereocenters. The van der Waals surface area contributed by atoms with Gasteiger partial charge in [-0.25, -0.2) is 8.37 Å². The SMILES string of the molecule is CC(=O)OC/C=C(\C)CC/C=C(\C)C(O)OS(=O)(=O)OC(O)/C(C)=C/CC/C(C)=C/COC(C)=O. The summed E-state index contributed by atoms with van der Waals surface area (Å²) in [6, 6.07) is 0. The van der Waals surface area contributed by atoms with Crippen LogP contribution in [0.25, 0.3) is 0 Å². The Balaban J connectivity index is 4.64. The van der Waals surface area contributed by atoms with Crippen molar-refractivity contribution < 1.29 is 46.1 Å². The smallest absolute Gasteiger partial charge is 0.405 e. The van der Waals surface area contributed by atoms with E-state index in [2.05, 4.69) is 8.37 Å². The molecule has 0 aliphatic carbocycles. The van der Waals surface area contributed by atoms with Crippen molar-refractivity contribution >= 4 is 22.3 Å². The van der Waals surface area contributed by atoms with Gasteiger partial charge in [-0.1, -0.05) is 23.3 Å². The number of allylic oxidation sites excluding steroid dienone is 4. The van der Waals surface area contributed by atoms with Crippen LogP contribution in [0.15, 0.2) is 46.6 Å². The Bertz CT molecular complexity index is 845. The van der Waals surface area contributed by atoms with Gasteiger partial charge in [-0.3, -0.25) is 9.59 Å². The fourth-order valence-electron chi connectivity index (χ4n) is 2.46. The molecule has 0 saturated carbocycles. The van der Waals surface area contributed by atoms with Crippen LogP contribution in [0.3, 0.4) is 0 Å². The highest BCUT2D eigenvalue weighted by Gasteiger charge is 2.24. The number of carbonyl (C=O) groups is 2. The van der Waals surface area contributed by atoms with E-state index in [0.717, 1.165) is 11.1 Å². The maximum atomic E-state index is 12.1. The monoisotopic (exact) mass is 518 g/mol. The average molecular weight is 519 g/mol. The molecule has 0 aromatic carbocycles. The van der Waals surface area contributed by atoms with Gasteiger partial charge >= 0.3 is 22.3 Å². The fraction of sp³-hybridized carbons (Fsp3) is 0.583. The van der Waals surface area contributed by atoms with Crippen LogP contribution in [0, 0.1) is 0 Å². The van der Waals surface area contributed by atoms with E-state index in [4.69, 9.17) is 9.47 Å². The van der Waals surface area contributed by atoms with Gasteiger partial charge in [0.25, 0.3) is 0 Å². The molecule has 2 N–H and O–H groups in total. The summed E-state index contributed by atoms with van der Waals surface area (Å²) in [6.07, 6.45) is 5.40. The van der Waals surface area contributed by atoms with Gasteiger partial charge in [0.05, 0.1) is 0 Å². The predicted octanol–water partition coefficient (Wildman–Crippen LogP) is 3.37. The maximum absolute atomic E-state index is 12.1. The van der Waals surface area contributed by atoms with E-state index in [0.29, 0.717) is 25.7 Å². The lowest BCUT2D eigenvalue weighted by Gasteiger charge is -2.16. The number of aliphatic hydroxyl groups is 2. The largest absolute Gasteiger partial charge is 0.462 e. The molecule has 0 spiro atoms. The van der Waals surface area contributed by atoms with Gasteiger partial charge < -0.3 is 19.7 Å². The minimum absolute atomic E-state index is 0.174. The summed E-state index contributed by atoms with van der Waals surface area (Å²) in [7, 11) is -4.69. The van der Waals surface area contributed by atoms with E-state index in [1.807, 2.05) is 13.8 Å². The third-order valence-electron chi connectivity index (χ3n) is 4.64. The lowest BCUT2D eigenvalue weighted by Crippen LogP contribution is -2.26. The van der Waals surface area contributed by atoms with Crippen LogP contribution in [0.1, 0.15) is 67.2 Å². The van der Waals surface area contributed by atoms with Crippen molar-refractivity contribution in [3.63, 3.8) is 0 Å². The van der Waals surface area contributed by atoms with Crippen LogP contribution < -0.4 is 0 Å². The zero-order chi connectivity index (χ0) is 27.0. The van der Waals surface area contributed by atoms with Gasteiger partial charge in [0, 0.05) is 13.8 Å². The molecule has 0 saturated heterocycles. The molecule has 0 aliphatic rings. The molecule has 0 aliphatic heterocycles. The quantitative estimate of drug-likeness (QED) is 0.177. The average Bonchev–Trinajstić information content (AvgIpc) is 2.72. The van der Waals surface area contributed by atoms with E-state index in [1.165, 1.54) is 27.7 Å². The Labute approximate surface area is 208 Å². The van der Waals surface area contributed by atoms with Crippen LogP contribution in [0.4, 0.5) is 0 Å². The van der Waals surface area contributed by atoms with Crippen LogP contribution >= 0.6 is 0 Å². The van der Waals surface area contributed by atoms with E-state index in [-0.39, 0.29) is 36.3 Å². The van der Waals surface area contributed by atoms with Gasteiger partial charge in [-0.15, -0.1) is 0 Å². The lowest BCUT2D eigenvalue weighted by molar-refractivity contribution is -0.140. The molecule has 0 aromatic heterocycles. The zero-order valence-corrected chi connectivity index (χ0v) is 22.1. The van der Waals surface area contributed by atoms with Crippen LogP contribution in [0.2, 0.25) is 0 Å². The highest BCUT2D eigenvalue weighted by molar-refractivity contribution is 7.81. The first-order chi connectivity index (χ1) is 16.2. The van der Waals surface area contributed by atoms with Crippen molar-refractivity contribution in [1.82, 2.24) is 0 Å². The molecule has 0 rings (SSSR count). The second-order valence-electron chi connectivity index (χ2n) is 7.99. The molecule has 200 valence electrons. The molecule has 0 amide bonds. The van der Waals surface area contributed by atoms with Gasteiger partial charge in [-0.2, -0.15) is 8.42 Å². The van der Waals surface area contributed by atoms with Crippen molar-refractivity contribution in [2.24, 2.45) is 0 Å². The number of ether oxygens (including phenoxy) is 2. The Morgan fingerprint density at radius 2 is 1.03 bits per heavy atom. The lowest BCUT2D eigenvalue weighted by atomic mass is 10.1. The summed E-state index contributed by atoms with van der Waals surface area (Å²) >= 11 is 0. The van der Waals surface area contributed by atoms with Gasteiger partial charge in [-0.05, 0) is 76.7 Å². The molecule has 0 radical (unpaired) electrons. The van der Waals surface area contributed by atoms with Crippen LogP contribution in [-0.2, 0) is 37.8 Å². The molecule has 2 atom stereocenters. The first-order valence-corrected chi connectivity index (χ1v) is 12.5. The number of carbonyl (C=O) groups excluding carboxylic acids is 2. The first-order valence-electron chi connectivity index (χ1n) is 11.1. The van der Waals surface area contributed by atoms with Gasteiger partial charge in [0.15, 0.2) is 12.6 Å². The van der Waals surface area contributed by atoms with Crippen LogP contribution in [-0.4, -0.2) is 56.4 Å². The third kappa shape index (κ3) is 17.7. The van der Waals surface area contributed by atoms with E-state index in [1.54, 1.807) is 24.3 Å². The van der Waals surface area contributed by atoms with Crippen LogP contribution in [0.5, 0.6) is 0 Å². The molecule has 11 heteroatoms. The summed E-state index contributed by atoms with van der Waals surface area (Å²) in [5, 5.41) is 20.0. The second-order valence-corrected chi connectivity index (χ2v) is 9.19. The van der Waals surface area contributed by atoms with Crippen molar-refractivity contribution in [2.75, 3.05) is 13.2 Å². The summed E-state index contributed by atoms with van der Waals surface area (Å²) in [5.41, 5.74) is 2.43. The number of hydrogen-bond acceptors (Lipinski definition) is 10. The Kier molecular flexibility index (Phi) is 16.0. The third-order valence-corrected chi connectivity index (χ3v) is 5.48. The number of hydrogen-bond donors (Lipinski definition) is 2. The first kappa shape index (κ1) is 32.7. The van der Waals surface area contributed by atoms with Gasteiger partial charge in [0.1, 0.15) is 13.2 Å². The van der Waals surface area contributed by atoms with E-state index >= 15 is 0 Å². The number of aliphatic hydroxyl groups excluding tert-OH is 2. The standard InChI is InChI=1S/C24H38O10S/c1-17(13-15-31-21(5)25)9-7-11-19(3)23(27)33-35(29,30)34-24(28)20(4)12-8-10-18(2)14-16-32-22(6)26/h11-14,23-24,27-28H,7-10,15-16H2,1-6H3/b17-13+,18-14+,19-11+,20-12+. The molecule has 0 heterocycles. The van der Waals surface area contributed by atoms with Crippen molar-refractivity contribution in [3.8, 4) is 0 Å². The van der Waals surface area contributed by atoms with Crippen molar-refractivity contribution in [3.05, 3.63) is 46.6 Å². The fourth-order valence-corrected chi connectivity index (χ4v) is 3.26. The Morgan fingerprint density at radius 3 is 1.34 bits per heavy atom. The number of esters is 2. The summed E-state index contributed by atoms with van der Waals surface area (Å²) in [6.45, 7) is 9.70. The van der Waals surface area contributed by atoms with E-state index in [9.17, 15) is 28.2 Å². The second kappa shape index (κ2) is 17.2. The summed E-state index contributed by atoms with van der Waals surface area (Å²) < 4.78 is 43.0. The molecule has 10 nitrogen and oxygen atoms in total. The molecular weight excluding hydrogens is 480 g/mol. The van der Waals surface area contributed by atoms with Crippen molar-refractivity contribution in [1.29, 1.82) is 0 Å². The molecule has 35 heavy (non-hydrogen) atoms. The maximum Gasteiger partial charge on any atom is 0.405 e. The zero-order valence-electron chi connectivity index (χ0n) is 21.3. The number of rotatable bonds is 16. The highest BCUT2D eigenvalue weighted by atomic mass is 32.3. The molecule has 0 bridgehead atoms. The Hall–Kier alpha value is -2.31. The summed E-state index contributed by atoms with van der Waals surface area (Å²) in [5.74, 6) is -0.742. The van der Waals surface area contributed by atoms with Crippen molar-refractivity contribution in [2.45, 2.75) is 79.8 Å². The summed E-state index contributed by atoms with van der Waals surface area (Å²) in [4.78, 5) is 21.5. The highest BCUT2D eigenvalue weighted by Crippen LogP contribution is 2.16. The minimum atomic E-state index is -4.69.